The van der Waals surface area contributed by atoms with Crippen molar-refractivity contribution in [3.8, 4) is 0 Å². The molecule has 1 atom stereocenters. The maximum absolute atomic E-state index is 11.6. The van der Waals surface area contributed by atoms with E-state index in [9.17, 15) is 4.21 Å². The maximum atomic E-state index is 11.6. The van der Waals surface area contributed by atoms with E-state index < -0.39 is 11.0 Å². The van der Waals surface area contributed by atoms with Gasteiger partial charge in [0.1, 0.15) is 15.6 Å². The van der Waals surface area contributed by atoms with Crippen LogP contribution in [-0.4, -0.2) is 24.7 Å². The van der Waals surface area contributed by atoms with Crippen molar-refractivity contribution >= 4 is 33.1 Å². The molecule has 0 aromatic carbocycles. The molecule has 6 heteroatoms. The summed E-state index contributed by atoms with van der Waals surface area (Å²) in [5, 5.41) is 0. The molecule has 0 aliphatic rings. The Labute approximate surface area is 101 Å². The van der Waals surface area contributed by atoms with Crippen LogP contribution in [0.15, 0.2) is 15.2 Å². The molecule has 1 rings (SSSR count). The summed E-state index contributed by atoms with van der Waals surface area (Å²) in [6.45, 7) is 5.65. The summed E-state index contributed by atoms with van der Waals surface area (Å²) in [5.41, 5.74) is 0. The van der Waals surface area contributed by atoms with Gasteiger partial charge < -0.3 is 4.57 Å². The van der Waals surface area contributed by atoms with E-state index in [4.69, 9.17) is 0 Å². The van der Waals surface area contributed by atoms with Crippen LogP contribution in [0, 0.1) is 0 Å². The van der Waals surface area contributed by atoms with Gasteiger partial charge in [-0.3, -0.25) is 0 Å². The number of hydrogen-bond donors (Lipinski definition) is 0. The predicted molar refractivity (Wildman–Crippen MR) is 66.4 cm³/mol. The Morgan fingerprint density at radius 3 is 2.60 bits per heavy atom. The minimum Gasteiger partial charge on any atom is -0.321 e. The highest BCUT2D eigenvalue weighted by Crippen LogP contribution is 2.13. The fourth-order valence-electron chi connectivity index (χ4n) is 0.775. The predicted octanol–water partition coefficient (Wildman–Crippen LogP) is 2.06. The molecule has 0 aliphatic heterocycles. The summed E-state index contributed by atoms with van der Waals surface area (Å²) in [6, 6.07) is 0. The summed E-state index contributed by atoms with van der Waals surface area (Å²) in [4.78, 5) is 4.10. The number of aromatic nitrogens is 2. The lowest BCUT2D eigenvalue weighted by Gasteiger charge is -2.12. The van der Waals surface area contributed by atoms with Crippen molar-refractivity contribution in [2.45, 2.75) is 25.5 Å². The number of halogens is 1. The summed E-state index contributed by atoms with van der Waals surface area (Å²) in [6.07, 6.45) is 3.22. The van der Waals surface area contributed by atoms with Gasteiger partial charge in [-0.1, -0.05) is 0 Å². The molecule has 0 saturated heterocycles. The molecular formula is C9H14BrN3OS. The molecular weight excluding hydrogens is 278 g/mol. The van der Waals surface area contributed by atoms with Crippen molar-refractivity contribution in [2.75, 3.05) is 0 Å². The molecule has 0 spiro atoms. The summed E-state index contributed by atoms with van der Waals surface area (Å²) < 4.78 is 18.0. The normalized spacial score (nSPS) is 14.7. The van der Waals surface area contributed by atoms with Crippen molar-refractivity contribution in [3.05, 3.63) is 16.6 Å². The van der Waals surface area contributed by atoms with Crippen molar-refractivity contribution in [1.29, 1.82) is 0 Å². The zero-order valence-electron chi connectivity index (χ0n) is 9.19. The van der Waals surface area contributed by atoms with Gasteiger partial charge in [0.2, 0.25) is 0 Å². The lowest BCUT2D eigenvalue weighted by molar-refractivity contribution is 0.651. The van der Waals surface area contributed by atoms with E-state index >= 15 is 0 Å². The Kier molecular flexibility index (Phi) is 3.83. The van der Waals surface area contributed by atoms with Crippen molar-refractivity contribution < 1.29 is 4.21 Å². The Balaban J connectivity index is 2.83. The van der Waals surface area contributed by atoms with Gasteiger partial charge in [-0.25, -0.2) is 9.19 Å². The van der Waals surface area contributed by atoms with Gasteiger partial charge in [0.15, 0.2) is 5.82 Å². The van der Waals surface area contributed by atoms with Crippen LogP contribution in [-0.2, 0) is 18.0 Å². The zero-order valence-corrected chi connectivity index (χ0v) is 11.6. The van der Waals surface area contributed by atoms with Crippen LogP contribution in [0.5, 0.6) is 0 Å². The first kappa shape index (κ1) is 12.6. The first-order valence-electron chi connectivity index (χ1n) is 4.45. The number of hydrogen-bond acceptors (Lipinski definition) is 2. The van der Waals surface area contributed by atoms with Crippen LogP contribution in [0.4, 0.5) is 0 Å². The highest BCUT2D eigenvalue weighted by molar-refractivity contribution is 9.10. The Morgan fingerprint density at radius 2 is 2.20 bits per heavy atom. The van der Waals surface area contributed by atoms with E-state index in [0.29, 0.717) is 5.82 Å². The monoisotopic (exact) mass is 291 g/mol. The van der Waals surface area contributed by atoms with Gasteiger partial charge in [-0.15, -0.1) is 0 Å². The molecule has 1 aromatic rings. The van der Waals surface area contributed by atoms with Gasteiger partial charge in [-0.05, 0) is 36.7 Å². The molecule has 15 heavy (non-hydrogen) atoms. The first-order chi connectivity index (χ1) is 6.82. The quantitative estimate of drug-likeness (QED) is 0.783. The van der Waals surface area contributed by atoms with Crippen LogP contribution in [0.3, 0.4) is 0 Å². The molecule has 84 valence electrons. The molecule has 1 aromatic heterocycles. The van der Waals surface area contributed by atoms with Crippen LogP contribution in [0.25, 0.3) is 0 Å². The van der Waals surface area contributed by atoms with Gasteiger partial charge in [0.05, 0.1) is 17.2 Å². The second kappa shape index (κ2) is 4.57. The summed E-state index contributed by atoms with van der Waals surface area (Å²) in [7, 11) is 0.624. The van der Waals surface area contributed by atoms with E-state index in [2.05, 4.69) is 25.3 Å². The van der Waals surface area contributed by atoms with Crippen LogP contribution < -0.4 is 0 Å². The zero-order chi connectivity index (χ0) is 11.6. The minimum absolute atomic E-state index is 0.334. The van der Waals surface area contributed by atoms with Crippen molar-refractivity contribution in [1.82, 2.24) is 9.55 Å². The molecule has 0 bridgehead atoms. The smallest absolute Gasteiger partial charge is 0.152 e. The third-order valence-corrected chi connectivity index (χ3v) is 3.84. The second-order valence-corrected chi connectivity index (χ2v) is 6.84. The summed E-state index contributed by atoms with van der Waals surface area (Å²) in [5.74, 6) is 0.680. The summed E-state index contributed by atoms with van der Waals surface area (Å²) >= 11 is 3.33. The molecule has 0 amide bonds. The Hall–Kier alpha value is -0.490. The second-order valence-electron chi connectivity index (χ2n) is 4.09. The van der Waals surface area contributed by atoms with Gasteiger partial charge in [-0.2, -0.15) is 4.40 Å². The molecule has 0 N–H and O–H groups in total. The highest BCUT2D eigenvalue weighted by atomic mass is 79.9. The number of nitrogens with zero attached hydrogens (tertiary/aromatic N) is 3. The van der Waals surface area contributed by atoms with Gasteiger partial charge in [0, 0.05) is 7.05 Å². The van der Waals surface area contributed by atoms with E-state index in [1.807, 2.05) is 32.4 Å². The van der Waals surface area contributed by atoms with Gasteiger partial charge >= 0.3 is 0 Å². The maximum Gasteiger partial charge on any atom is 0.152 e. The average Bonchev–Trinajstić information content (AvgIpc) is 2.43. The fraction of sp³-hybridized carbons (Fsp3) is 0.556. The molecule has 0 radical (unpaired) electrons. The van der Waals surface area contributed by atoms with Crippen LogP contribution >= 0.6 is 15.9 Å². The molecule has 0 saturated carbocycles. The molecule has 1 heterocycles. The third kappa shape index (κ3) is 3.24. The SMILES string of the molecule is Cn1c(Br)cnc1/C=N/[S@](=O)C(C)(C)C. The van der Waals surface area contributed by atoms with Crippen molar-refractivity contribution in [2.24, 2.45) is 11.4 Å². The van der Waals surface area contributed by atoms with Crippen LogP contribution in [0.1, 0.15) is 26.6 Å². The minimum atomic E-state index is -1.24. The lowest BCUT2D eigenvalue weighted by Crippen LogP contribution is -2.19. The fourth-order valence-corrected chi connectivity index (χ4v) is 1.57. The van der Waals surface area contributed by atoms with E-state index in [1.54, 1.807) is 6.20 Å². The van der Waals surface area contributed by atoms with E-state index in [1.165, 1.54) is 6.21 Å². The Morgan fingerprint density at radius 1 is 1.60 bits per heavy atom. The van der Waals surface area contributed by atoms with E-state index in [0.717, 1.165) is 4.60 Å². The molecule has 0 unspecified atom stereocenters. The van der Waals surface area contributed by atoms with Crippen LogP contribution in [0.2, 0.25) is 0 Å². The third-order valence-electron chi connectivity index (χ3n) is 1.76. The molecule has 4 nitrogen and oxygen atoms in total. The number of rotatable bonds is 2. The lowest BCUT2D eigenvalue weighted by atomic mass is 10.3. The molecule has 0 fully saturated rings. The highest BCUT2D eigenvalue weighted by Gasteiger charge is 2.18. The van der Waals surface area contributed by atoms with Gasteiger partial charge in [0.25, 0.3) is 0 Å². The molecule has 0 aliphatic carbocycles. The standard InChI is InChI=1S/C9H14BrN3OS/c1-9(2,3)15(14)12-6-8-11-5-7(10)13(8)4/h5-6H,1-4H3/b12-6+/t15-/m1/s1. The topological polar surface area (TPSA) is 47.2 Å². The van der Waals surface area contributed by atoms with E-state index in [-0.39, 0.29) is 4.75 Å². The first-order valence-corrected chi connectivity index (χ1v) is 6.35. The Bertz CT molecular complexity index is 406. The largest absolute Gasteiger partial charge is 0.321 e. The van der Waals surface area contributed by atoms with Crippen molar-refractivity contribution in [3.63, 3.8) is 0 Å². The number of imidazole rings is 1. The average molecular weight is 292 g/mol.